The molecule has 1 aliphatic rings. The minimum atomic E-state index is 0.0524. The molecule has 2 heterocycles. The van der Waals surface area contributed by atoms with Crippen LogP contribution in [0.3, 0.4) is 0 Å². The zero-order valence-electron chi connectivity index (χ0n) is 10.1. The van der Waals surface area contributed by atoms with Crippen LogP contribution in [-0.2, 0) is 13.2 Å². The van der Waals surface area contributed by atoms with E-state index in [9.17, 15) is 5.11 Å². The van der Waals surface area contributed by atoms with Crippen molar-refractivity contribution in [3.63, 3.8) is 0 Å². The number of aliphatic hydroxyl groups excluding tert-OH is 1. The van der Waals surface area contributed by atoms with Gasteiger partial charge in [-0.2, -0.15) is 0 Å². The summed E-state index contributed by atoms with van der Waals surface area (Å²) in [5.41, 5.74) is 0.918. The number of thiophene rings is 1. The van der Waals surface area contributed by atoms with E-state index in [2.05, 4.69) is 27.4 Å². The van der Waals surface area contributed by atoms with Gasteiger partial charge in [-0.05, 0) is 30.4 Å². The Morgan fingerprint density at radius 2 is 2.22 bits per heavy atom. The van der Waals surface area contributed by atoms with Gasteiger partial charge in [0.1, 0.15) is 5.82 Å². The molecule has 1 saturated carbocycles. The summed E-state index contributed by atoms with van der Waals surface area (Å²) in [5, 5.41) is 11.5. The minimum Gasteiger partial charge on any atom is -0.392 e. The molecule has 94 valence electrons. The van der Waals surface area contributed by atoms with Crippen LogP contribution in [0.5, 0.6) is 0 Å². The molecule has 18 heavy (non-hydrogen) atoms. The maximum Gasteiger partial charge on any atom is 0.134 e. The molecule has 2 aromatic rings. The topological polar surface area (TPSA) is 36.4 Å². The first-order valence-corrected chi connectivity index (χ1v) is 7.10. The molecule has 0 spiro atoms. The maximum absolute atomic E-state index is 9.43. The number of pyridine rings is 1. The number of nitrogens with zero attached hydrogens (tertiary/aromatic N) is 2. The molecule has 0 aromatic carbocycles. The average molecular weight is 260 g/mol. The van der Waals surface area contributed by atoms with E-state index in [1.54, 1.807) is 17.5 Å². The SMILES string of the molecule is OCc1cccnc1N(Cc1cccs1)C1CC1. The quantitative estimate of drug-likeness (QED) is 0.898. The van der Waals surface area contributed by atoms with Crippen molar-refractivity contribution in [2.45, 2.75) is 32.0 Å². The van der Waals surface area contributed by atoms with Crippen LogP contribution in [0.1, 0.15) is 23.3 Å². The molecule has 3 nitrogen and oxygen atoms in total. The Balaban J connectivity index is 1.89. The highest BCUT2D eigenvalue weighted by Crippen LogP contribution is 2.34. The molecule has 0 amide bonds. The van der Waals surface area contributed by atoms with Gasteiger partial charge in [-0.25, -0.2) is 4.98 Å². The lowest BCUT2D eigenvalue weighted by molar-refractivity contribution is 0.281. The van der Waals surface area contributed by atoms with Crippen molar-refractivity contribution in [1.29, 1.82) is 0 Å². The lowest BCUT2D eigenvalue weighted by Crippen LogP contribution is -2.26. The van der Waals surface area contributed by atoms with Crippen LogP contribution in [0.4, 0.5) is 5.82 Å². The lowest BCUT2D eigenvalue weighted by Gasteiger charge is -2.24. The van der Waals surface area contributed by atoms with Crippen molar-refractivity contribution >= 4 is 17.2 Å². The van der Waals surface area contributed by atoms with Gasteiger partial charge in [0, 0.05) is 22.7 Å². The zero-order valence-corrected chi connectivity index (χ0v) is 10.9. The summed E-state index contributed by atoms with van der Waals surface area (Å²) in [6, 6.07) is 8.66. The highest BCUT2D eigenvalue weighted by molar-refractivity contribution is 7.09. The molecule has 2 aromatic heterocycles. The average Bonchev–Trinajstić information content (AvgIpc) is 3.13. The van der Waals surface area contributed by atoms with Crippen LogP contribution in [0.15, 0.2) is 35.8 Å². The summed E-state index contributed by atoms with van der Waals surface area (Å²) in [6.07, 6.45) is 4.26. The normalized spacial score (nSPS) is 14.7. The largest absolute Gasteiger partial charge is 0.392 e. The first kappa shape index (κ1) is 11.7. The third-order valence-electron chi connectivity index (χ3n) is 3.20. The molecular formula is C14H16N2OS. The van der Waals surface area contributed by atoms with Gasteiger partial charge < -0.3 is 10.0 Å². The Labute approximate surface area is 111 Å². The summed E-state index contributed by atoms with van der Waals surface area (Å²) < 4.78 is 0. The van der Waals surface area contributed by atoms with Crippen molar-refractivity contribution in [1.82, 2.24) is 4.98 Å². The second-order valence-corrected chi connectivity index (χ2v) is 5.61. The molecule has 0 radical (unpaired) electrons. The van der Waals surface area contributed by atoms with E-state index in [-0.39, 0.29) is 6.61 Å². The van der Waals surface area contributed by atoms with Crippen LogP contribution in [0, 0.1) is 0 Å². The summed E-state index contributed by atoms with van der Waals surface area (Å²) in [7, 11) is 0. The number of aromatic nitrogens is 1. The van der Waals surface area contributed by atoms with Gasteiger partial charge in [-0.3, -0.25) is 0 Å². The molecule has 0 saturated heterocycles. The molecule has 1 aliphatic carbocycles. The molecule has 0 unspecified atom stereocenters. The Morgan fingerprint density at radius 1 is 1.33 bits per heavy atom. The molecule has 0 atom stereocenters. The lowest BCUT2D eigenvalue weighted by atomic mass is 10.2. The van der Waals surface area contributed by atoms with Crippen LogP contribution in [-0.4, -0.2) is 16.1 Å². The molecule has 0 bridgehead atoms. The molecule has 1 N–H and O–H groups in total. The molecule has 3 rings (SSSR count). The first-order chi connectivity index (χ1) is 8.88. The Hall–Kier alpha value is -1.39. The van der Waals surface area contributed by atoms with Crippen LogP contribution < -0.4 is 4.90 Å². The number of rotatable bonds is 5. The predicted octanol–water partition coefficient (Wildman–Crippen LogP) is 2.80. The fourth-order valence-electron chi connectivity index (χ4n) is 2.15. The Morgan fingerprint density at radius 3 is 2.89 bits per heavy atom. The second-order valence-electron chi connectivity index (χ2n) is 4.58. The molecule has 0 aliphatic heterocycles. The number of aliphatic hydroxyl groups is 1. The highest BCUT2D eigenvalue weighted by Gasteiger charge is 2.31. The third kappa shape index (κ3) is 2.40. The standard InChI is InChI=1S/C14H16N2OS/c17-10-11-3-1-7-15-14(11)16(12-5-6-12)9-13-4-2-8-18-13/h1-4,7-8,12,17H,5-6,9-10H2. The smallest absolute Gasteiger partial charge is 0.134 e. The summed E-state index contributed by atoms with van der Waals surface area (Å²) in [6.45, 7) is 0.948. The summed E-state index contributed by atoms with van der Waals surface area (Å²) in [4.78, 5) is 8.14. The van der Waals surface area contributed by atoms with Gasteiger partial charge in [-0.15, -0.1) is 11.3 Å². The fourth-order valence-corrected chi connectivity index (χ4v) is 2.85. The van der Waals surface area contributed by atoms with Crippen molar-refractivity contribution < 1.29 is 5.11 Å². The Bertz CT molecular complexity index is 508. The van der Waals surface area contributed by atoms with E-state index >= 15 is 0 Å². The van der Waals surface area contributed by atoms with Gasteiger partial charge >= 0.3 is 0 Å². The maximum atomic E-state index is 9.43. The molecule has 1 fully saturated rings. The van der Waals surface area contributed by atoms with E-state index < -0.39 is 0 Å². The predicted molar refractivity (Wildman–Crippen MR) is 73.7 cm³/mol. The fraction of sp³-hybridized carbons (Fsp3) is 0.357. The van der Waals surface area contributed by atoms with E-state index in [0.717, 1.165) is 17.9 Å². The van der Waals surface area contributed by atoms with Gasteiger partial charge in [0.25, 0.3) is 0 Å². The van der Waals surface area contributed by atoms with Crippen LogP contribution >= 0.6 is 11.3 Å². The Kier molecular flexibility index (Phi) is 3.30. The van der Waals surface area contributed by atoms with Crippen molar-refractivity contribution in [2.24, 2.45) is 0 Å². The van der Waals surface area contributed by atoms with Gasteiger partial charge in [0.2, 0.25) is 0 Å². The third-order valence-corrected chi connectivity index (χ3v) is 4.06. The van der Waals surface area contributed by atoms with E-state index in [0.29, 0.717) is 6.04 Å². The van der Waals surface area contributed by atoms with Crippen molar-refractivity contribution in [3.05, 3.63) is 46.3 Å². The molecule has 4 heteroatoms. The number of hydrogen-bond donors (Lipinski definition) is 1. The number of anilines is 1. The summed E-state index contributed by atoms with van der Waals surface area (Å²) >= 11 is 1.77. The van der Waals surface area contributed by atoms with Crippen LogP contribution in [0.2, 0.25) is 0 Å². The van der Waals surface area contributed by atoms with Crippen molar-refractivity contribution in [3.8, 4) is 0 Å². The zero-order chi connectivity index (χ0) is 12.4. The highest BCUT2D eigenvalue weighted by atomic mass is 32.1. The van der Waals surface area contributed by atoms with Gasteiger partial charge in [0.05, 0.1) is 13.2 Å². The first-order valence-electron chi connectivity index (χ1n) is 6.22. The van der Waals surface area contributed by atoms with E-state index in [4.69, 9.17) is 0 Å². The van der Waals surface area contributed by atoms with Gasteiger partial charge in [-0.1, -0.05) is 12.1 Å². The van der Waals surface area contributed by atoms with E-state index in [1.807, 2.05) is 12.1 Å². The van der Waals surface area contributed by atoms with Crippen molar-refractivity contribution in [2.75, 3.05) is 4.90 Å². The second kappa shape index (κ2) is 5.08. The number of hydrogen-bond acceptors (Lipinski definition) is 4. The van der Waals surface area contributed by atoms with E-state index in [1.165, 1.54) is 17.7 Å². The van der Waals surface area contributed by atoms with Crippen LogP contribution in [0.25, 0.3) is 0 Å². The minimum absolute atomic E-state index is 0.0524. The van der Waals surface area contributed by atoms with Gasteiger partial charge in [0.15, 0.2) is 0 Å². The monoisotopic (exact) mass is 260 g/mol. The molecular weight excluding hydrogens is 244 g/mol. The summed E-state index contributed by atoms with van der Waals surface area (Å²) in [5.74, 6) is 0.941.